The fraction of sp³-hybridized carbons (Fsp3) is 0.810. The molecule has 3 fully saturated rings. The molecule has 1 unspecified atom stereocenters. The Labute approximate surface area is 149 Å². The first-order chi connectivity index (χ1) is 11.8. The number of carbonyl (C=O) groups excluding carboxylic acids is 2. The molecule has 0 radical (unpaired) electrons. The van der Waals surface area contributed by atoms with Crippen molar-refractivity contribution in [2.24, 2.45) is 34.5 Å². The van der Waals surface area contributed by atoms with Crippen LogP contribution in [0.4, 0.5) is 4.39 Å². The van der Waals surface area contributed by atoms with Crippen molar-refractivity contribution in [2.45, 2.75) is 65.0 Å². The Hall–Kier alpha value is -1.03. The van der Waals surface area contributed by atoms with E-state index in [1.165, 1.54) is 0 Å². The zero-order valence-corrected chi connectivity index (χ0v) is 15.3. The topological polar surface area (TPSA) is 54.4 Å². The van der Waals surface area contributed by atoms with Crippen molar-refractivity contribution in [2.75, 3.05) is 6.61 Å². The summed E-state index contributed by atoms with van der Waals surface area (Å²) in [4.78, 5) is 24.1. The van der Waals surface area contributed by atoms with Crippen molar-refractivity contribution in [1.82, 2.24) is 0 Å². The lowest BCUT2D eigenvalue weighted by Gasteiger charge is -2.59. The van der Waals surface area contributed by atoms with E-state index in [0.29, 0.717) is 24.7 Å². The van der Waals surface area contributed by atoms with Crippen LogP contribution in [0, 0.1) is 34.5 Å². The Morgan fingerprint density at radius 3 is 2.76 bits per heavy atom. The van der Waals surface area contributed by atoms with E-state index in [9.17, 15) is 14.7 Å². The number of ketones is 2. The number of hydrogen-bond donors (Lipinski definition) is 1. The summed E-state index contributed by atoms with van der Waals surface area (Å²) in [6, 6.07) is 0. The molecule has 4 aliphatic rings. The molecule has 25 heavy (non-hydrogen) atoms. The second kappa shape index (κ2) is 5.73. The molecule has 138 valence electrons. The predicted molar refractivity (Wildman–Crippen MR) is 92.6 cm³/mol. The minimum absolute atomic E-state index is 0.0262. The van der Waals surface area contributed by atoms with Gasteiger partial charge in [0.1, 0.15) is 12.8 Å². The van der Waals surface area contributed by atoms with Crippen molar-refractivity contribution in [3.63, 3.8) is 0 Å². The molecule has 0 saturated heterocycles. The summed E-state index contributed by atoms with van der Waals surface area (Å²) >= 11 is 0. The molecule has 0 aliphatic heterocycles. The summed E-state index contributed by atoms with van der Waals surface area (Å²) in [5.41, 5.74) is 0.649. The van der Waals surface area contributed by atoms with Crippen LogP contribution in [0.3, 0.4) is 0 Å². The number of hydrogen-bond acceptors (Lipinski definition) is 3. The van der Waals surface area contributed by atoms with Gasteiger partial charge in [-0.05, 0) is 67.3 Å². The molecule has 4 rings (SSSR count). The van der Waals surface area contributed by atoms with Gasteiger partial charge in [-0.15, -0.1) is 0 Å². The number of aliphatic hydroxyl groups is 1. The van der Waals surface area contributed by atoms with Gasteiger partial charge in [-0.1, -0.05) is 19.4 Å². The van der Waals surface area contributed by atoms with Crippen LogP contribution in [-0.4, -0.2) is 29.5 Å². The Bertz CT molecular complexity index is 641. The number of halogens is 1. The van der Waals surface area contributed by atoms with Crippen LogP contribution in [0.25, 0.3) is 0 Å². The first kappa shape index (κ1) is 17.4. The lowest BCUT2D eigenvalue weighted by atomic mass is 9.46. The van der Waals surface area contributed by atoms with E-state index in [4.69, 9.17) is 0 Å². The van der Waals surface area contributed by atoms with Gasteiger partial charge in [0, 0.05) is 18.3 Å². The van der Waals surface area contributed by atoms with Crippen LogP contribution >= 0.6 is 0 Å². The Morgan fingerprint density at radius 1 is 1.28 bits per heavy atom. The van der Waals surface area contributed by atoms with E-state index in [2.05, 4.69) is 13.8 Å². The SMILES string of the molecule is C[C@]12CC(F)[C@H]3[C@@H](CCC4=CC(=O)CC[C@@]43C)[C@@H]1CC[C@@H]2C(=O)CO. The molecular formula is C21H29FO3. The second-order valence-electron chi connectivity index (χ2n) is 9.37. The van der Waals surface area contributed by atoms with Gasteiger partial charge in [-0.3, -0.25) is 9.59 Å². The smallest absolute Gasteiger partial charge is 0.161 e. The molecule has 0 aromatic rings. The zero-order valence-electron chi connectivity index (χ0n) is 15.3. The standard InChI is InChI=1S/C21H29FO3/c1-20-8-7-13(24)9-12(20)3-4-14-15-5-6-16(18(25)11-23)21(15,2)10-17(22)19(14)20/h9,14-17,19,23H,3-8,10-11H2,1-2H3/t14-,15-,16+,17?,19+,20-,21-/m0/s1. The minimum Gasteiger partial charge on any atom is -0.389 e. The van der Waals surface area contributed by atoms with Crippen LogP contribution in [0.5, 0.6) is 0 Å². The number of fused-ring (bicyclic) bond motifs is 5. The normalized spacial score (nSPS) is 49.0. The van der Waals surface area contributed by atoms with Crippen molar-refractivity contribution >= 4 is 11.6 Å². The van der Waals surface area contributed by atoms with E-state index < -0.39 is 12.8 Å². The zero-order chi connectivity index (χ0) is 18.0. The van der Waals surface area contributed by atoms with Crippen molar-refractivity contribution in [3.05, 3.63) is 11.6 Å². The summed E-state index contributed by atoms with van der Waals surface area (Å²) in [6.07, 6.45) is 6.16. The number of allylic oxidation sites excluding steroid dienone is 1. The van der Waals surface area contributed by atoms with E-state index in [0.717, 1.165) is 37.7 Å². The van der Waals surface area contributed by atoms with Crippen LogP contribution in [0.15, 0.2) is 11.6 Å². The van der Waals surface area contributed by atoms with Gasteiger partial charge in [0.25, 0.3) is 0 Å². The first-order valence-corrected chi connectivity index (χ1v) is 9.83. The van der Waals surface area contributed by atoms with Crippen LogP contribution in [0.2, 0.25) is 0 Å². The number of rotatable bonds is 2. The molecule has 0 aromatic carbocycles. The molecule has 4 aliphatic carbocycles. The number of carbonyl (C=O) groups is 2. The van der Waals surface area contributed by atoms with Gasteiger partial charge >= 0.3 is 0 Å². The molecule has 0 heterocycles. The van der Waals surface area contributed by atoms with E-state index in [-0.39, 0.29) is 34.2 Å². The van der Waals surface area contributed by atoms with Crippen molar-refractivity contribution < 1.29 is 19.1 Å². The minimum atomic E-state index is -0.930. The van der Waals surface area contributed by atoms with Gasteiger partial charge in [0.05, 0.1) is 0 Å². The predicted octanol–water partition coefficient (Wildman–Crippen LogP) is 3.64. The molecule has 0 amide bonds. The monoisotopic (exact) mass is 348 g/mol. The number of Topliss-reactive ketones (excluding diaryl/α,β-unsaturated/α-hetero) is 1. The molecule has 3 nitrogen and oxygen atoms in total. The average molecular weight is 348 g/mol. The maximum atomic E-state index is 15.6. The molecule has 1 N–H and O–H groups in total. The third-order valence-corrected chi connectivity index (χ3v) is 8.40. The molecule has 3 saturated carbocycles. The molecular weight excluding hydrogens is 319 g/mol. The highest BCUT2D eigenvalue weighted by Gasteiger charge is 2.63. The molecule has 4 heteroatoms. The van der Waals surface area contributed by atoms with Gasteiger partial charge in [0.15, 0.2) is 11.6 Å². The lowest BCUT2D eigenvalue weighted by molar-refractivity contribution is -0.138. The Kier molecular flexibility index (Phi) is 3.99. The summed E-state index contributed by atoms with van der Waals surface area (Å²) < 4.78 is 15.6. The summed E-state index contributed by atoms with van der Waals surface area (Å²) in [7, 11) is 0. The largest absolute Gasteiger partial charge is 0.389 e. The molecule has 7 atom stereocenters. The maximum absolute atomic E-state index is 15.6. The highest BCUT2D eigenvalue weighted by molar-refractivity contribution is 5.91. The third kappa shape index (κ3) is 2.32. The fourth-order valence-corrected chi connectivity index (χ4v) is 7.25. The van der Waals surface area contributed by atoms with E-state index >= 15 is 4.39 Å². The molecule has 0 spiro atoms. The average Bonchev–Trinajstić information content (AvgIpc) is 2.91. The van der Waals surface area contributed by atoms with Crippen LogP contribution in [-0.2, 0) is 9.59 Å². The van der Waals surface area contributed by atoms with Gasteiger partial charge in [0.2, 0.25) is 0 Å². The van der Waals surface area contributed by atoms with Crippen molar-refractivity contribution in [1.29, 1.82) is 0 Å². The molecule has 0 aromatic heterocycles. The maximum Gasteiger partial charge on any atom is 0.161 e. The van der Waals surface area contributed by atoms with Gasteiger partial charge < -0.3 is 5.11 Å². The highest BCUT2D eigenvalue weighted by atomic mass is 19.1. The molecule has 0 bridgehead atoms. The van der Waals surface area contributed by atoms with Gasteiger partial charge in [-0.25, -0.2) is 4.39 Å². The fourth-order valence-electron chi connectivity index (χ4n) is 7.25. The number of alkyl halides is 1. The van der Waals surface area contributed by atoms with Gasteiger partial charge in [-0.2, -0.15) is 0 Å². The van der Waals surface area contributed by atoms with Crippen molar-refractivity contribution in [3.8, 4) is 0 Å². The van der Waals surface area contributed by atoms with E-state index in [1.807, 2.05) is 0 Å². The summed E-state index contributed by atoms with van der Waals surface area (Å²) in [6.45, 7) is 3.83. The summed E-state index contributed by atoms with van der Waals surface area (Å²) in [5, 5.41) is 9.34. The second-order valence-corrected chi connectivity index (χ2v) is 9.37. The Morgan fingerprint density at radius 2 is 2.04 bits per heavy atom. The highest BCUT2D eigenvalue weighted by Crippen LogP contribution is 2.67. The number of aliphatic hydroxyl groups excluding tert-OH is 1. The Balaban J connectivity index is 1.70. The third-order valence-electron chi connectivity index (χ3n) is 8.40. The first-order valence-electron chi connectivity index (χ1n) is 9.83. The quantitative estimate of drug-likeness (QED) is 0.829. The van der Waals surface area contributed by atoms with Crippen LogP contribution in [0.1, 0.15) is 58.8 Å². The lowest BCUT2D eigenvalue weighted by Crippen LogP contribution is -2.56. The summed E-state index contributed by atoms with van der Waals surface area (Å²) in [5.74, 6) is 0.514. The van der Waals surface area contributed by atoms with E-state index in [1.54, 1.807) is 6.08 Å². The van der Waals surface area contributed by atoms with Crippen LogP contribution < -0.4 is 0 Å².